The molecule has 2 aromatic rings. The lowest BCUT2D eigenvalue weighted by Crippen LogP contribution is -2.46. The van der Waals surface area contributed by atoms with E-state index in [1.165, 1.54) is 0 Å². The summed E-state index contributed by atoms with van der Waals surface area (Å²) in [6, 6.07) is 1.99. The van der Waals surface area contributed by atoms with Gasteiger partial charge in [-0.15, -0.1) is 10.2 Å². The van der Waals surface area contributed by atoms with Crippen LogP contribution in [0.3, 0.4) is 0 Å². The number of aryl methyl sites for hydroxylation is 2. The zero-order valence-electron chi connectivity index (χ0n) is 14.4. The largest absolute Gasteiger partial charge is 0.351 e. The van der Waals surface area contributed by atoms with Crippen molar-refractivity contribution in [3.63, 3.8) is 0 Å². The van der Waals surface area contributed by atoms with Crippen LogP contribution in [-0.2, 0) is 17.8 Å². The van der Waals surface area contributed by atoms with Crippen molar-refractivity contribution in [2.45, 2.75) is 45.2 Å². The van der Waals surface area contributed by atoms with E-state index in [1.54, 1.807) is 12.4 Å². The minimum absolute atomic E-state index is 0.0726. The van der Waals surface area contributed by atoms with Crippen LogP contribution in [0.25, 0.3) is 0 Å². The fourth-order valence-electron chi connectivity index (χ4n) is 3.70. The van der Waals surface area contributed by atoms with Crippen molar-refractivity contribution in [1.29, 1.82) is 0 Å². The molecule has 0 bridgehead atoms. The Kier molecular flexibility index (Phi) is 4.33. The first-order chi connectivity index (χ1) is 12.2. The van der Waals surface area contributed by atoms with Crippen molar-refractivity contribution in [3.8, 4) is 0 Å². The number of aromatic nitrogens is 5. The SMILES string of the molecule is Cc1nnc2n1C[C@@H](NC(=O)C1CCN(c3ncccn3)CC1)CC2. The highest BCUT2D eigenvalue weighted by molar-refractivity contribution is 5.79. The van der Waals surface area contributed by atoms with Crippen LogP contribution in [0.4, 0.5) is 5.95 Å². The van der Waals surface area contributed by atoms with Crippen molar-refractivity contribution in [1.82, 2.24) is 30.0 Å². The van der Waals surface area contributed by atoms with E-state index in [-0.39, 0.29) is 17.9 Å². The van der Waals surface area contributed by atoms with E-state index in [0.717, 1.165) is 62.9 Å². The standard InChI is InChI=1S/C17H23N7O/c1-12-21-22-15-4-3-14(11-24(12)15)20-16(25)13-5-9-23(10-6-13)17-18-7-2-8-19-17/h2,7-8,13-14H,3-6,9-11H2,1H3,(H,20,25)/t14-/m0/s1. The zero-order valence-corrected chi connectivity index (χ0v) is 14.4. The van der Waals surface area contributed by atoms with E-state index in [1.807, 2.05) is 13.0 Å². The lowest BCUT2D eigenvalue weighted by Gasteiger charge is -2.32. The van der Waals surface area contributed by atoms with Crippen LogP contribution in [-0.4, -0.2) is 49.8 Å². The number of rotatable bonds is 3. The van der Waals surface area contributed by atoms with Crippen molar-refractivity contribution >= 4 is 11.9 Å². The van der Waals surface area contributed by atoms with Gasteiger partial charge in [-0.1, -0.05) is 0 Å². The van der Waals surface area contributed by atoms with Crippen LogP contribution in [0, 0.1) is 12.8 Å². The van der Waals surface area contributed by atoms with Gasteiger partial charge in [-0.2, -0.15) is 0 Å². The third-order valence-corrected chi connectivity index (χ3v) is 5.18. The van der Waals surface area contributed by atoms with Crippen molar-refractivity contribution in [3.05, 3.63) is 30.1 Å². The first-order valence-corrected chi connectivity index (χ1v) is 8.92. The molecule has 0 saturated carbocycles. The summed E-state index contributed by atoms with van der Waals surface area (Å²) in [6.07, 6.45) is 6.99. The summed E-state index contributed by atoms with van der Waals surface area (Å²) in [5.41, 5.74) is 0. The highest BCUT2D eigenvalue weighted by Crippen LogP contribution is 2.21. The van der Waals surface area contributed by atoms with E-state index in [9.17, 15) is 4.79 Å². The number of anilines is 1. The summed E-state index contributed by atoms with van der Waals surface area (Å²) in [5, 5.41) is 11.5. The molecular weight excluding hydrogens is 318 g/mol. The number of hydrogen-bond acceptors (Lipinski definition) is 6. The van der Waals surface area contributed by atoms with Crippen LogP contribution in [0.15, 0.2) is 18.5 Å². The molecule has 2 aromatic heterocycles. The van der Waals surface area contributed by atoms with Gasteiger partial charge < -0.3 is 14.8 Å². The molecule has 2 aliphatic rings. The van der Waals surface area contributed by atoms with Crippen molar-refractivity contribution < 1.29 is 4.79 Å². The second kappa shape index (κ2) is 6.78. The van der Waals surface area contributed by atoms with Crippen molar-refractivity contribution in [2.24, 2.45) is 5.92 Å². The number of nitrogens with one attached hydrogen (secondary N) is 1. The molecule has 1 saturated heterocycles. The molecule has 0 radical (unpaired) electrons. The molecule has 1 amide bonds. The molecule has 1 fully saturated rings. The molecule has 0 aromatic carbocycles. The smallest absolute Gasteiger partial charge is 0.225 e. The lowest BCUT2D eigenvalue weighted by molar-refractivity contribution is -0.126. The molecule has 1 atom stereocenters. The third-order valence-electron chi connectivity index (χ3n) is 5.18. The number of fused-ring (bicyclic) bond motifs is 1. The molecule has 8 nitrogen and oxygen atoms in total. The molecule has 2 aliphatic heterocycles. The summed E-state index contributed by atoms with van der Waals surface area (Å²) in [7, 11) is 0. The molecule has 4 rings (SSSR count). The highest BCUT2D eigenvalue weighted by Gasteiger charge is 2.29. The number of amides is 1. The zero-order chi connectivity index (χ0) is 17.2. The molecule has 0 spiro atoms. The maximum Gasteiger partial charge on any atom is 0.225 e. The van der Waals surface area contributed by atoms with Crippen LogP contribution in [0.5, 0.6) is 0 Å². The van der Waals surface area contributed by atoms with E-state index < -0.39 is 0 Å². The highest BCUT2D eigenvalue weighted by atomic mass is 16.2. The number of nitrogens with zero attached hydrogens (tertiary/aromatic N) is 6. The number of piperidine rings is 1. The quantitative estimate of drug-likeness (QED) is 0.885. The fraction of sp³-hybridized carbons (Fsp3) is 0.588. The van der Waals surface area contributed by atoms with E-state index in [4.69, 9.17) is 0 Å². The normalized spacial score (nSPS) is 21.0. The van der Waals surface area contributed by atoms with Gasteiger partial charge in [0.05, 0.1) is 0 Å². The van der Waals surface area contributed by atoms with Crippen molar-refractivity contribution in [2.75, 3.05) is 18.0 Å². The van der Waals surface area contributed by atoms with Gasteiger partial charge in [-0.3, -0.25) is 4.79 Å². The average Bonchev–Trinajstić information content (AvgIpc) is 3.03. The molecule has 25 heavy (non-hydrogen) atoms. The van der Waals surface area contributed by atoms with Gasteiger partial charge in [-0.05, 0) is 32.3 Å². The maximum absolute atomic E-state index is 12.6. The first kappa shape index (κ1) is 16.0. The van der Waals surface area contributed by atoms with Crippen LogP contribution in [0.1, 0.15) is 30.9 Å². The van der Waals surface area contributed by atoms with E-state index >= 15 is 0 Å². The molecule has 1 N–H and O–H groups in total. The molecule has 8 heteroatoms. The third kappa shape index (κ3) is 3.33. The Balaban J connectivity index is 1.30. The topological polar surface area (TPSA) is 88.8 Å². The van der Waals surface area contributed by atoms with Crippen LogP contribution < -0.4 is 10.2 Å². The molecule has 4 heterocycles. The number of carbonyl (C=O) groups is 1. The van der Waals surface area contributed by atoms with Gasteiger partial charge in [0, 0.05) is 50.4 Å². The summed E-state index contributed by atoms with van der Waals surface area (Å²) < 4.78 is 2.11. The Morgan fingerprint density at radius 2 is 1.92 bits per heavy atom. The monoisotopic (exact) mass is 341 g/mol. The summed E-state index contributed by atoms with van der Waals surface area (Å²) >= 11 is 0. The summed E-state index contributed by atoms with van der Waals surface area (Å²) in [4.78, 5) is 23.4. The second-order valence-electron chi connectivity index (χ2n) is 6.83. The Morgan fingerprint density at radius 3 is 2.68 bits per heavy atom. The number of carbonyl (C=O) groups excluding carboxylic acids is 1. The van der Waals surface area contributed by atoms with Gasteiger partial charge in [0.25, 0.3) is 0 Å². The Labute approximate surface area is 146 Å². The first-order valence-electron chi connectivity index (χ1n) is 8.92. The van der Waals surface area contributed by atoms with Gasteiger partial charge in [0.15, 0.2) is 0 Å². The Hall–Kier alpha value is -2.51. The van der Waals surface area contributed by atoms with Gasteiger partial charge in [0.1, 0.15) is 11.6 Å². The summed E-state index contributed by atoms with van der Waals surface area (Å²) in [5.74, 6) is 2.95. The predicted molar refractivity (Wildman–Crippen MR) is 92.0 cm³/mol. The predicted octanol–water partition coefficient (Wildman–Crippen LogP) is 0.724. The van der Waals surface area contributed by atoms with Crippen LogP contribution in [0.2, 0.25) is 0 Å². The minimum atomic E-state index is 0.0726. The maximum atomic E-state index is 12.6. The van der Waals surface area contributed by atoms with Crippen LogP contribution >= 0.6 is 0 Å². The summed E-state index contributed by atoms with van der Waals surface area (Å²) in [6.45, 7) is 4.38. The second-order valence-corrected chi connectivity index (χ2v) is 6.83. The van der Waals surface area contributed by atoms with Gasteiger partial charge in [-0.25, -0.2) is 9.97 Å². The van der Waals surface area contributed by atoms with E-state index in [2.05, 4.69) is 34.9 Å². The molecule has 0 aliphatic carbocycles. The van der Waals surface area contributed by atoms with Gasteiger partial charge >= 0.3 is 0 Å². The number of hydrogen-bond donors (Lipinski definition) is 1. The van der Waals surface area contributed by atoms with E-state index in [0.29, 0.717) is 0 Å². The lowest BCUT2D eigenvalue weighted by atomic mass is 9.95. The fourth-order valence-corrected chi connectivity index (χ4v) is 3.70. The molecule has 132 valence electrons. The Morgan fingerprint density at radius 1 is 1.16 bits per heavy atom. The minimum Gasteiger partial charge on any atom is -0.351 e. The molecule has 0 unspecified atom stereocenters. The molecular formula is C17H23N7O. The van der Waals surface area contributed by atoms with Gasteiger partial charge in [0.2, 0.25) is 11.9 Å². The Bertz CT molecular complexity index is 737. The average molecular weight is 341 g/mol.